The van der Waals surface area contributed by atoms with Gasteiger partial charge in [0.25, 0.3) is 0 Å². The van der Waals surface area contributed by atoms with E-state index in [1.54, 1.807) is 0 Å². The van der Waals surface area contributed by atoms with E-state index in [0.717, 1.165) is 19.4 Å². The first-order chi connectivity index (χ1) is 10.3. The van der Waals surface area contributed by atoms with Gasteiger partial charge in [0.05, 0.1) is 5.60 Å². The van der Waals surface area contributed by atoms with E-state index in [9.17, 15) is 0 Å². The number of anilines is 1. The van der Waals surface area contributed by atoms with E-state index in [1.165, 1.54) is 40.1 Å². The first-order valence-electron chi connectivity index (χ1n) is 7.79. The summed E-state index contributed by atoms with van der Waals surface area (Å²) in [5, 5.41) is 7.26. The molecule has 1 aromatic carbocycles. The topological polar surface area (TPSA) is 21.3 Å². The molecule has 1 atom stereocenters. The summed E-state index contributed by atoms with van der Waals surface area (Å²) in [5.74, 6) is 2.52. The highest BCUT2D eigenvalue weighted by atomic mass is 32.2. The van der Waals surface area contributed by atoms with Crippen molar-refractivity contribution in [1.82, 2.24) is 0 Å². The van der Waals surface area contributed by atoms with Gasteiger partial charge in [0.15, 0.2) is 0 Å². The van der Waals surface area contributed by atoms with Crippen LogP contribution in [0.2, 0.25) is 0 Å². The number of thioether (sulfide) groups is 1. The SMILES string of the molecule is c1cc2cc(NC3CCOC4(CCSCC4)C3)ccc2s1. The van der Waals surface area contributed by atoms with E-state index >= 15 is 0 Å². The third-order valence-corrected chi connectivity index (χ3v) is 6.60. The molecule has 0 radical (unpaired) electrons. The van der Waals surface area contributed by atoms with Gasteiger partial charge in [-0.1, -0.05) is 0 Å². The molecule has 4 heteroatoms. The number of thiophene rings is 1. The number of hydrogen-bond acceptors (Lipinski definition) is 4. The molecule has 1 N–H and O–H groups in total. The lowest BCUT2D eigenvalue weighted by molar-refractivity contribution is -0.0865. The van der Waals surface area contributed by atoms with Crippen LogP contribution >= 0.6 is 23.1 Å². The van der Waals surface area contributed by atoms with Crippen LogP contribution in [0, 0.1) is 0 Å². The van der Waals surface area contributed by atoms with Crippen LogP contribution in [-0.2, 0) is 4.74 Å². The zero-order valence-electron chi connectivity index (χ0n) is 12.1. The fourth-order valence-corrected chi connectivity index (χ4v) is 5.54. The fourth-order valence-electron chi connectivity index (χ4n) is 3.53. The molecule has 3 heterocycles. The van der Waals surface area contributed by atoms with Gasteiger partial charge in [0.1, 0.15) is 0 Å². The van der Waals surface area contributed by atoms with Gasteiger partial charge < -0.3 is 10.1 Å². The summed E-state index contributed by atoms with van der Waals surface area (Å²) in [6.45, 7) is 0.906. The second-order valence-electron chi connectivity index (χ2n) is 6.15. The van der Waals surface area contributed by atoms with Gasteiger partial charge >= 0.3 is 0 Å². The van der Waals surface area contributed by atoms with Crippen LogP contribution in [0.1, 0.15) is 25.7 Å². The molecular weight excluding hydrogens is 298 g/mol. The summed E-state index contributed by atoms with van der Waals surface area (Å²) in [6, 6.07) is 9.49. The monoisotopic (exact) mass is 319 g/mol. The molecule has 4 rings (SSSR count). The lowest BCUT2D eigenvalue weighted by Crippen LogP contribution is -2.46. The predicted octanol–water partition coefficient (Wildman–Crippen LogP) is 4.76. The van der Waals surface area contributed by atoms with Gasteiger partial charge in [-0.15, -0.1) is 11.3 Å². The molecule has 2 nitrogen and oxygen atoms in total. The zero-order chi connectivity index (χ0) is 14.1. The minimum absolute atomic E-state index is 0.160. The molecule has 0 bridgehead atoms. The van der Waals surface area contributed by atoms with E-state index in [4.69, 9.17) is 4.74 Å². The largest absolute Gasteiger partial charge is 0.382 e. The lowest BCUT2D eigenvalue weighted by Gasteiger charge is -2.43. The van der Waals surface area contributed by atoms with Gasteiger partial charge in [-0.25, -0.2) is 0 Å². The van der Waals surface area contributed by atoms with E-state index < -0.39 is 0 Å². The lowest BCUT2D eigenvalue weighted by atomic mass is 9.85. The summed E-state index contributed by atoms with van der Waals surface area (Å²) in [7, 11) is 0. The first-order valence-corrected chi connectivity index (χ1v) is 9.82. The Bertz CT molecular complexity index is 613. The molecule has 0 saturated carbocycles. The van der Waals surface area contributed by atoms with Gasteiger partial charge in [-0.05, 0) is 72.2 Å². The van der Waals surface area contributed by atoms with Crippen molar-refractivity contribution in [2.24, 2.45) is 0 Å². The van der Waals surface area contributed by atoms with Crippen molar-refractivity contribution in [2.45, 2.75) is 37.3 Å². The first kappa shape index (κ1) is 13.9. The summed E-state index contributed by atoms with van der Waals surface area (Å²) >= 11 is 3.88. The van der Waals surface area contributed by atoms with Crippen LogP contribution in [0.15, 0.2) is 29.6 Å². The second-order valence-corrected chi connectivity index (χ2v) is 8.32. The van der Waals surface area contributed by atoms with Crippen molar-refractivity contribution in [3.63, 3.8) is 0 Å². The second kappa shape index (κ2) is 5.82. The van der Waals surface area contributed by atoms with Crippen LogP contribution in [0.3, 0.4) is 0 Å². The van der Waals surface area contributed by atoms with Crippen molar-refractivity contribution in [1.29, 1.82) is 0 Å². The summed E-state index contributed by atoms with van der Waals surface area (Å²) in [6.07, 6.45) is 4.73. The van der Waals surface area contributed by atoms with Crippen molar-refractivity contribution in [2.75, 3.05) is 23.4 Å². The van der Waals surface area contributed by atoms with Crippen LogP contribution in [0.4, 0.5) is 5.69 Å². The molecule has 1 aromatic heterocycles. The molecule has 2 saturated heterocycles. The van der Waals surface area contributed by atoms with Crippen LogP contribution < -0.4 is 5.32 Å². The maximum Gasteiger partial charge on any atom is 0.0717 e. The standard InChI is InChI=1S/C17H21NOS2/c1-2-16-13(4-8-21-16)11-14(1)18-15-3-7-19-17(12-15)5-9-20-10-6-17/h1-2,4,8,11,15,18H,3,5-7,9-10,12H2. The van der Waals surface area contributed by atoms with Gasteiger partial charge in [-0.3, -0.25) is 0 Å². The van der Waals surface area contributed by atoms with E-state index in [-0.39, 0.29) is 5.60 Å². The molecule has 0 amide bonds. The smallest absolute Gasteiger partial charge is 0.0717 e. The van der Waals surface area contributed by atoms with E-state index in [2.05, 4.69) is 46.7 Å². The van der Waals surface area contributed by atoms with Crippen molar-refractivity contribution in [3.05, 3.63) is 29.6 Å². The van der Waals surface area contributed by atoms with Crippen LogP contribution in [0.25, 0.3) is 10.1 Å². The van der Waals surface area contributed by atoms with Gasteiger partial charge in [-0.2, -0.15) is 11.8 Å². The summed E-state index contributed by atoms with van der Waals surface area (Å²) in [4.78, 5) is 0. The normalized spacial score (nSPS) is 25.2. The third-order valence-electron chi connectivity index (χ3n) is 4.72. The average Bonchev–Trinajstić information content (AvgIpc) is 2.96. The Balaban J connectivity index is 1.48. The van der Waals surface area contributed by atoms with Crippen LogP contribution in [0.5, 0.6) is 0 Å². The van der Waals surface area contributed by atoms with E-state index in [1.807, 2.05) is 11.3 Å². The Kier molecular flexibility index (Phi) is 3.86. The molecule has 21 heavy (non-hydrogen) atoms. The molecule has 2 aliphatic rings. The van der Waals surface area contributed by atoms with Crippen LogP contribution in [-0.4, -0.2) is 29.8 Å². The molecular formula is C17H21NOS2. The molecule has 2 aromatic rings. The maximum absolute atomic E-state index is 6.18. The number of fused-ring (bicyclic) bond motifs is 1. The van der Waals surface area contributed by atoms with Gasteiger partial charge in [0.2, 0.25) is 0 Å². The third kappa shape index (κ3) is 2.94. The highest BCUT2D eigenvalue weighted by Gasteiger charge is 2.38. The van der Waals surface area contributed by atoms with Crippen molar-refractivity contribution < 1.29 is 4.74 Å². The average molecular weight is 319 g/mol. The maximum atomic E-state index is 6.18. The quantitative estimate of drug-likeness (QED) is 0.862. The van der Waals surface area contributed by atoms with Crippen molar-refractivity contribution in [3.8, 4) is 0 Å². The number of benzene rings is 1. The Morgan fingerprint density at radius 1 is 1.19 bits per heavy atom. The Hall–Kier alpha value is -0.710. The number of rotatable bonds is 2. The fraction of sp³-hybridized carbons (Fsp3) is 0.529. The number of nitrogens with one attached hydrogen (secondary N) is 1. The minimum Gasteiger partial charge on any atom is -0.382 e. The predicted molar refractivity (Wildman–Crippen MR) is 93.7 cm³/mol. The molecule has 112 valence electrons. The summed E-state index contributed by atoms with van der Waals surface area (Å²) < 4.78 is 7.55. The molecule has 1 unspecified atom stereocenters. The number of hydrogen-bond donors (Lipinski definition) is 1. The molecule has 2 fully saturated rings. The minimum atomic E-state index is 0.160. The zero-order valence-corrected chi connectivity index (χ0v) is 13.8. The Morgan fingerprint density at radius 3 is 3.00 bits per heavy atom. The molecule has 2 aliphatic heterocycles. The Morgan fingerprint density at radius 2 is 2.10 bits per heavy atom. The molecule has 0 aliphatic carbocycles. The highest BCUT2D eigenvalue weighted by molar-refractivity contribution is 7.99. The van der Waals surface area contributed by atoms with E-state index in [0.29, 0.717) is 6.04 Å². The number of ether oxygens (including phenoxy) is 1. The van der Waals surface area contributed by atoms with Gasteiger partial charge in [0, 0.05) is 23.0 Å². The highest BCUT2D eigenvalue weighted by Crippen LogP contribution is 2.38. The Labute approximate surface area is 134 Å². The molecule has 1 spiro atoms. The summed E-state index contributed by atoms with van der Waals surface area (Å²) in [5.41, 5.74) is 1.42. The van der Waals surface area contributed by atoms with Crippen molar-refractivity contribution >= 4 is 38.9 Å².